The lowest BCUT2D eigenvalue weighted by Gasteiger charge is -2.05. The van der Waals surface area contributed by atoms with Crippen LogP contribution in [0.3, 0.4) is 0 Å². The van der Waals surface area contributed by atoms with Gasteiger partial charge in [-0.1, -0.05) is 0 Å². The number of rotatable bonds is 1. The van der Waals surface area contributed by atoms with E-state index < -0.39 is 0 Å². The fourth-order valence-corrected chi connectivity index (χ4v) is 2.80. The van der Waals surface area contributed by atoms with Crippen LogP contribution < -0.4 is 0 Å². The summed E-state index contributed by atoms with van der Waals surface area (Å²) in [6.07, 6.45) is 3.88. The van der Waals surface area contributed by atoms with Crippen LogP contribution in [0.4, 0.5) is 0 Å². The Morgan fingerprint density at radius 2 is 1.76 bits per heavy atom. The summed E-state index contributed by atoms with van der Waals surface area (Å²) in [6.45, 7) is 0. The minimum atomic E-state index is 0.135. The Hall–Kier alpha value is -2.88. The molecule has 2 aromatic carbocycles. The van der Waals surface area contributed by atoms with Gasteiger partial charge in [0, 0.05) is 46.8 Å². The van der Waals surface area contributed by atoms with E-state index in [0.29, 0.717) is 5.39 Å². The van der Waals surface area contributed by atoms with Gasteiger partial charge in [0.15, 0.2) is 0 Å². The summed E-state index contributed by atoms with van der Waals surface area (Å²) >= 11 is 0. The van der Waals surface area contributed by atoms with Crippen molar-refractivity contribution in [1.82, 2.24) is 9.13 Å². The first-order valence-corrected chi connectivity index (χ1v) is 6.72. The fraction of sp³-hybridized carbons (Fsp3) is 0.0588. The van der Waals surface area contributed by atoms with E-state index in [2.05, 4.69) is 4.57 Å². The number of phenolic OH excluding ortho intramolecular Hbond substituents is 1. The maximum absolute atomic E-state index is 10.4. The molecule has 4 heteroatoms. The van der Waals surface area contributed by atoms with Gasteiger partial charge in [-0.15, -0.1) is 0 Å². The molecule has 0 spiro atoms. The van der Waals surface area contributed by atoms with Crippen LogP contribution in [0, 0.1) is 0 Å². The summed E-state index contributed by atoms with van der Waals surface area (Å²) in [5.41, 5.74) is 2.04. The molecule has 0 unspecified atom stereocenters. The normalized spacial score (nSPS) is 11.5. The molecule has 104 valence electrons. The molecule has 4 aromatic rings. The van der Waals surface area contributed by atoms with Crippen molar-refractivity contribution >= 4 is 21.7 Å². The first-order chi connectivity index (χ1) is 10.1. The highest BCUT2D eigenvalue weighted by Gasteiger charge is 2.11. The standard InChI is InChI=1S/C17H14N2O2/c1-18-7-6-11-8-13(3-5-16(11)18)19-10-12-2-4-14(20)9-15(12)17(19)21/h2-10,20-21H,1H3. The molecule has 21 heavy (non-hydrogen) atoms. The molecule has 0 aliphatic carbocycles. The predicted molar refractivity (Wildman–Crippen MR) is 83.1 cm³/mol. The van der Waals surface area contributed by atoms with Gasteiger partial charge in [-0.25, -0.2) is 0 Å². The molecular formula is C17H14N2O2. The van der Waals surface area contributed by atoms with Gasteiger partial charge in [-0.05, 0) is 42.5 Å². The number of phenols is 1. The van der Waals surface area contributed by atoms with Crippen LogP contribution in [0.25, 0.3) is 27.4 Å². The number of aromatic hydroxyl groups is 2. The Balaban J connectivity index is 1.97. The van der Waals surface area contributed by atoms with Gasteiger partial charge in [0.1, 0.15) is 5.75 Å². The molecule has 2 N–H and O–H groups in total. The van der Waals surface area contributed by atoms with Crippen LogP contribution >= 0.6 is 0 Å². The van der Waals surface area contributed by atoms with E-state index in [4.69, 9.17) is 0 Å². The van der Waals surface area contributed by atoms with Crippen molar-refractivity contribution in [2.75, 3.05) is 0 Å². The second-order valence-corrected chi connectivity index (χ2v) is 5.26. The van der Waals surface area contributed by atoms with E-state index in [1.54, 1.807) is 22.8 Å². The number of benzene rings is 2. The quantitative estimate of drug-likeness (QED) is 0.559. The van der Waals surface area contributed by atoms with E-state index in [1.165, 1.54) is 0 Å². The first kappa shape index (κ1) is 11.9. The van der Waals surface area contributed by atoms with Gasteiger partial charge in [0.25, 0.3) is 0 Å². The highest BCUT2D eigenvalue weighted by atomic mass is 16.3. The van der Waals surface area contributed by atoms with E-state index in [0.717, 1.165) is 22.0 Å². The third-order valence-corrected chi connectivity index (χ3v) is 3.92. The van der Waals surface area contributed by atoms with E-state index >= 15 is 0 Å². The third kappa shape index (κ3) is 1.69. The minimum Gasteiger partial charge on any atom is -0.508 e. The second-order valence-electron chi connectivity index (χ2n) is 5.26. The average molecular weight is 278 g/mol. The molecule has 2 aromatic heterocycles. The van der Waals surface area contributed by atoms with Crippen LogP contribution in [0.5, 0.6) is 11.6 Å². The van der Waals surface area contributed by atoms with Gasteiger partial charge in [-0.3, -0.25) is 4.57 Å². The van der Waals surface area contributed by atoms with Gasteiger partial charge >= 0.3 is 0 Å². The van der Waals surface area contributed by atoms with Gasteiger partial charge < -0.3 is 14.8 Å². The SMILES string of the molecule is Cn1ccc2cc(-n3cc4ccc(O)cc4c3O)ccc21. The predicted octanol–water partition coefficient (Wildman–Crippen LogP) is 3.53. The Kier molecular flexibility index (Phi) is 2.30. The van der Waals surface area contributed by atoms with Gasteiger partial charge in [0.2, 0.25) is 5.88 Å². The molecule has 4 rings (SSSR count). The van der Waals surface area contributed by atoms with Crippen molar-refractivity contribution in [2.45, 2.75) is 0 Å². The molecule has 0 atom stereocenters. The van der Waals surface area contributed by atoms with E-state index in [9.17, 15) is 10.2 Å². The molecule has 0 aliphatic heterocycles. The van der Waals surface area contributed by atoms with E-state index in [1.807, 2.05) is 43.7 Å². The number of hydrogen-bond acceptors (Lipinski definition) is 2. The van der Waals surface area contributed by atoms with Crippen LogP contribution in [0.2, 0.25) is 0 Å². The zero-order valence-electron chi connectivity index (χ0n) is 11.5. The summed E-state index contributed by atoms with van der Waals surface area (Å²) in [6, 6.07) is 13.1. The number of aryl methyl sites for hydroxylation is 1. The molecule has 0 radical (unpaired) electrons. The molecule has 0 aliphatic rings. The summed E-state index contributed by atoms with van der Waals surface area (Å²) in [7, 11) is 2.01. The summed E-state index contributed by atoms with van der Waals surface area (Å²) in [5.74, 6) is 0.283. The molecule has 4 nitrogen and oxygen atoms in total. The monoisotopic (exact) mass is 278 g/mol. The molecule has 0 saturated carbocycles. The highest BCUT2D eigenvalue weighted by Crippen LogP contribution is 2.33. The van der Waals surface area contributed by atoms with Crippen molar-refractivity contribution in [1.29, 1.82) is 0 Å². The number of hydrogen-bond donors (Lipinski definition) is 2. The Bertz CT molecular complexity index is 979. The Morgan fingerprint density at radius 3 is 2.62 bits per heavy atom. The lowest BCUT2D eigenvalue weighted by molar-refractivity contribution is 0.447. The second kappa shape index (κ2) is 4.06. The van der Waals surface area contributed by atoms with Crippen molar-refractivity contribution < 1.29 is 10.2 Å². The minimum absolute atomic E-state index is 0.135. The summed E-state index contributed by atoms with van der Waals surface area (Å²) < 4.78 is 3.79. The molecular weight excluding hydrogens is 264 g/mol. The van der Waals surface area contributed by atoms with Crippen LogP contribution in [0.15, 0.2) is 54.9 Å². The third-order valence-electron chi connectivity index (χ3n) is 3.92. The smallest absolute Gasteiger partial charge is 0.203 e. The molecule has 0 amide bonds. The largest absolute Gasteiger partial charge is 0.508 e. The average Bonchev–Trinajstić information content (AvgIpc) is 3.01. The first-order valence-electron chi connectivity index (χ1n) is 6.72. The lowest BCUT2D eigenvalue weighted by Crippen LogP contribution is -1.91. The van der Waals surface area contributed by atoms with Crippen LogP contribution in [0.1, 0.15) is 0 Å². The van der Waals surface area contributed by atoms with Crippen LogP contribution in [-0.2, 0) is 7.05 Å². The maximum Gasteiger partial charge on any atom is 0.203 e. The van der Waals surface area contributed by atoms with Crippen molar-refractivity contribution in [3.8, 4) is 17.3 Å². The van der Waals surface area contributed by atoms with Crippen molar-refractivity contribution in [3.63, 3.8) is 0 Å². The highest BCUT2D eigenvalue weighted by molar-refractivity contribution is 5.90. The molecule has 0 saturated heterocycles. The molecule has 0 fully saturated rings. The van der Waals surface area contributed by atoms with Crippen LogP contribution in [-0.4, -0.2) is 19.3 Å². The molecule has 2 heterocycles. The Morgan fingerprint density at radius 1 is 0.905 bits per heavy atom. The summed E-state index contributed by atoms with van der Waals surface area (Å²) in [5, 5.41) is 22.6. The van der Waals surface area contributed by atoms with Crippen molar-refractivity contribution in [3.05, 3.63) is 54.9 Å². The van der Waals surface area contributed by atoms with Gasteiger partial charge in [-0.2, -0.15) is 0 Å². The topological polar surface area (TPSA) is 50.3 Å². The summed E-state index contributed by atoms with van der Waals surface area (Å²) in [4.78, 5) is 0. The Labute approximate surface area is 121 Å². The lowest BCUT2D eigenvalue weighted by atomic mass is 10.2. The zero-order chi connectivity index (χ0) is 14.6. The maximum atomic E-state index is 10.4. The fourth-order valence-electron chi connectivity index (χ4n) is 2.80. The van der Waals surface area contributed by atoms with Crippen molar-refractivity contribution in [2.24, 2.45) is 7.05 Å². The zero-order valence-corrected chi connectivity index (χ0v) is 11.5. The van der Waals surface area contributed by atoms with Gasteiger partial charge in [0.05, 0.1) is 0 Å². The number of fused-ring (bicyclic) bond motifs is 2. The number of aromatic nitrogens is 2. The molecule has 0 bridgehead atoms. The van der Waals surface area contributed by atoms with E-state index in [-0.39, 0.29) is 11.6 Å². The number of nitrogens with zero attached hydrogens (tertiary/aromatic N) is 2.